The second kappa shape index (κ2) is 18.5. The molecule has 1 unspecified atom stereocenters. The molecule has 2 aliphatic carbocycles. The third-order valence-electron chi connectivity index (χ3n) is 15.3. The van der Waals surface area contributed by atoms with E-state index in [0.29, 0.717) is 5.69 Å². The first-order valence-electron chi connectivity index (χ1n) is 25.4. The van der Waals surface area contributed by atoms with Gasteiger partial charge in [-0.1, -0.05) is 170 Å². The number of nitrogens with zero attached hydrogens (tertiary/aromatic N) is 2. The van der Waals surface area contributed by atoms with Gasteiger partial charge in [-0.05, 0) is 162 Å². The molecule has 0 aliphatic heterocycles. The molecule has 370 valence electrons. The molecule has 2 nitrogen and oxygen atoms in total. The van der Waals surface area contributed by atoms with Crippen molar-refractivity contribution in [2.45, 2.75) is 37.7 Å². The van der Waals surface area contributed by atoms with Crippen LogP contribution in [0.5, 0.6) is 0 Å². The van der Waals surface area contributed by atoms with Gasteiger partial charge < -0.3 is 9.80 Å². The standard InChI is InChI=1S/C68H46F6N2/c69-67(70,71)51-27-31-53(32-28-51)75(63-21-9-17-45-13-5-7-19-57(45)63)55-36-38-60-61(41-55)65(49-25-23-43-11-1-3-15-47(43)39-49)59-37-35-56(42-62(59)66(60)50-26-24-44-12-2-4-16-48(44)40-50)76(54-33-29-52(30-34-54)68(72,73)74)64-22-10-18-46-14-6-8-20-58(46)64/h1-23,25,27-31,33-42,53H,24,26,32H2. The monoisotopic (exact) mass is 1000 g/mol. The number of hydrogen-bond acceptors (Lipinski definition) is 2. The molecule has 0 amide bonds. The van der Waals surface area contributed by atoms with E-state index in [1.807, 2.05) is 78.9 Å². The molecule has 0 saturated carbocycles. The highest BCUT2D eigenvalue weighted by Gasteiger charge is 2.35. The molecule has 0 aromatic heterocycles. The van der Waals surface area contributed by atoms with Gasteiger partial charge in [0.1, 0.15) is 0 Å². The van der Waals surface area contributed by atoms with Crippen LogP contribution in [0.4, 0.5) is 54.8 Å². The number of aryl methyl sites for hydroxylation is 1. The summed E-state index contributed by atoms with van der Waals surface area (Å²) in [6.45, 7) is 0. The van der Waals surface area contributed by atoms with Crippen LogP contribution in [0.2, 0.25) is 0 Å². The van der Waals surface area contributed by atoms with Gasteiger partial charge in [0.2, 0.25) is 0 Å². The number of benzene rings is 11. The number of halogens is 6. The zero-order valence-corrected chi connectivity index (χ0v) is 40.9. The Morgan fingerprint density at radius 2 is 1.01 bits per heavy atom. The minimum Gasteiger partial charge on any atom is -0.334 e. The summed E-state index contributed by atoms with van der Waals surface area (Å²) in [5.74, 6) is 0. The summed E-state index contributed by atoms with van der Waals surface area (Å²) in [5, 5.41) is 9.95. The molecule has 0 heterocycles. The fourth-order valence-corrected chi connectivity index (χ4v) is 11.7. The van der Waals surface area contributed by atoms with E-state index < -0.39 is 29.5 Å². The summed E-state index contributed by atoms with van der Waals surface area (Å²) < 4.78 is 85.0. The maximum Gasteiger partial charge on any atom is 0.416 e. The molecule has 11 aromatic carbocycles. The van der Waals surface area contributed by atoms with Crippen LogP contribution in [0.15, 0.2) is 236 Å². The van der Waals surface area contributed by atoms with Crippen LogP contribution in [-0.2, 0) is 12.6 Å². The third kappa shape index (κ3) is 8.34. The SMILES string of the molecule is FC(F)(F)C1=CCC(N(c2ccc3c(C4=Cc5ccccc5CC4)c4cc(N(c5ccc(C(F)(F)F)cc5)c5cccc6ccccc56)ccc4c(-c4ccc5ccccc5c4)c3c2)c2cccc3ccccc23)C=C1. The van der Waals surface area contributed by atoms with Gasteiger partial charge >= 0.3 is 12.4 Å². The lowest BCUT2D eigenvalue weighted by Gasteiger charge is -2.35. The van der Waals surface area contributed by atoms with E-state index in [0.717, 1.165) is 129 Å². The summed E-state index contributed by atoms with van der Waals surface area (Å²) in [7, 11) is 0. The van der Waals surface area contributed by atoms with Gasteiger partial charge in [-0.15, -0.1) is 0 Å². The van der Waals surface area contributed by atoms with Crippen LogP contribution in [0, 0.1) is 0 Å². The average Bonchev–Trinajstić information content (AvgIpc) is 3.58. The molecule has 8 heteroatoms. The smallest absolute Gasteiger partial charge is 0.334 e. The van der Waals surface area contributed by atoms with E-state index in [4.69, 9.17) is 0 Å². The lowest BCUT2D eigenvalue weighted by Crippen LogP contribution is -2.31. The van der Waals surface area contributed by atoms with Crippen molar-refractivity contribution >= 4 is 93.9 Å². The number of alkyl halides is 6. The van der Waals surface area contributed by atoms with E-state index in [-0.39, 0.29) is 6.42 Å². The van der Waals surface area contributed by atoms with Crippen LogP contribution in [0.1, 0.15) is 35.1 Å². The Morgan fingerprint density at radius 1 is 0.421 bits per heavy atom. The van der Waals surface area contributed by atoms with Crippen LogP contribution in [-0.4, -0.2) is 12.2 Å². The second-order valence-corrected chi connectivity index (χ2v) is 19.7. The molecule has 13 rings (SSSR count). The van der Waals surface area contributed by atoms with E-state index >= 15 is 0 Å². The molecule has 2 aliphatic rings. The van der Waals surface area contributed by atoms with Gasteiger partial charge in [0.15, 0.2) is 0 Å². The van der Waals surface area contributed by atoms with Gasteiger partial charge in [-0.3, -0.25) is 0 Å². The normalized spacial score (nSPS) is 14.8. The summed E-state index contributed by atoms with van der Waals surface area (Å²) in [6, 6.07) is 69.3. The molecule has 0 bridgehead atoms. The van der Waals surface area contributed by atoms with Gasteiger partial charge in [0.05, 0.1) is 22.9 Å². The number of anilines is 5. The van der Waals surface area contributed by atoms with Crippen LogP contribution in [0.25, 0.3) is 76.6 Å². The first-order valence-corrected chi connectivity index (χ1v) is 25.4. The average molecular weight is 1010 g/mol. The highest BCUT2D eigenvalue weighted by Crippen LogP contribution is 2.50. The highest BCUT2D eigenvalue weighted by atomic mass is 19.4. The Hall–Kier alpha value is -8.88. The van der Waals surface area contributed by atoms with Crippen molar-refractivity contribution in [3.05, 3.63) is 258 Å². The lowest BCUT2D eigenvalue weighted by atomic mass is 9.81. The summed E-state index contributed by atoms with van der Waals surface area (Å²) in [5.41, 5.74) is 8.98. The number of rotatable bonds is 8. The zero-order valence-electron chi connectivity index (χ0n) is 40.9. The Balaban J connectivity index is 1.12. The van der Waals surface area contributed by atoms with E-state index in [1.54, 1.807) is 18.2 Å². The minimum atomic E-state index is -4.51. The predicted molar refractivity (Wildman–Crippen MR) is 302 cm³/mol. The third-order valence-corrected chi connectivity index (χ3v) is 15.3. The van der Waals surface area contributed by atoms with Crippen molar-refractivity contribution in [3.63, 3.8) is 0 Å². The maximum absolute atomic E-state index is 14.2. The maximum atomic E-state index is 14.2. The first kappa shape index (κ1) is 46.9. The molecule has 0 radical (unpaired) electrons. The van der Waals surface area contributed by atoms with Crippen molar-refractivity contribution in [2.24, 2.45) is 0 Å². The van der Waals surface area contributed by atoms with Crippen LogP contribution < -0.4 is 9.80 Å². The fourth-order valence-electron chi connectivity index (χ4n) is 11.7. The van der Waals surface area contributed by atoms with E-state index in [9.17, 15) is 26.3 Å². The zero-order chi connectivity index (χ0) is 51.7. The molecule has 0 spiro atoms. The van der Waals surface area contributed by atoms with E-state index in [1.165, 1.54) is 17.7 Å². The molecule has 11 aromatic rings. The largest absolute Gasteiger partial charge is 0.416 e. The summed E-state index contributed by atoms with van der Waals surface area (Å²) >= 11 is 0. The minimum absolute atomic E-state index is 0.133. The topological polar surface area (TPSA) is 6.48 Å². The van der Waals surface area contributed by atoms with Crippen molar-refractivity contribution in [1.82, 2.24) is 0 Å². The molecule has 0 saturated heterocycles. The Kier molecular flexibility index (Phi) is 11.4. The number of fused-ring (bicyclic) bond motifs is 6. The molecular formula is C68H46F6N2. The fraction of sp³-hybridized carbons (Fsp3) is 0.0882. The molecular weight excluding hydrogens is 959 g/mol. The van der Waals surface area contributed by atoms with Crippen molar-refractivity contribution < 1.29 is 26.3 Å². The molecule has 0 fully saturated rings. The highest BCUT2D eigenvalue weighted by molar-refractivity contribution is 6.22. The Morgan fingerprint density at radius 3 is 1.72 bits per heavy atom. The Bertz CT molecular complexity index is 4190. The molecule has 0 N–H and O–H groups in total. The van der Waals surface area contributed by atoms with Gasteiger partial charge in [-0.2, -0.15) is 26.3 Å². The Labute approximate surface area is 435 Å². The summed E-state index contributed by atoms with van der Waals surface area (Å²) in [6.07, 6.45) is -0.816. The molecule has 1 atom stereocenters. The van der Waals surface area contributed by atoms with Crippen LogP contribution >= 0.6 is 0 Å². The van der Waals surface area contributed by atoms with Gasteiger partial charge in [-0.25, -0.2) is 0 Å². The molecule has 76 heavy (non-hydrogen) atoms. The van der Waals surface area contributed by atoms with Crippen molar-refractivity contribution in [2.75, 3.05) is 9.80 Å². The second-order valence-electron chi connectivity index (χ2n) is 19.7. The van der Waals surface area contributed by atoms with Gasteiger partial charge in [0, 0.05) is 33.5 Å². The van der Waals surface area contributed by atoms with Gasteiger partial charge in [0.25, 0.3) is 0 Å². The summed E-state index contributed by atoms with van der Waals surface area (Å²) in [4.78, 5) is 4.24. The van der Waals surface area contributed by atoms with Crippen molar-refractivity contribution in [3.8, 4) is 11.1 Å². The lowest BCUT2D eigenvalue weighted by molar-refractivity contribution is -0.137. The first-order chi connectivity index (χ1) is 36.9. The van der Waals surface area contributed by atoms with Crippen LogP contribution in [0.3, 0.4) is 0 Å². The number of allylic oxidation sites excluding steroid dienone is 3. The predicted octanol–water partition coefficient (Wildman–Crippen LogP) is 20.1. The van der Waals surface area contributed by atoms with Crippen molar-refractivity contribution in [1.29, 1.82) is 0 Å². The quantitative estimate of drug-likeness (QED) is 0.111. The number of hydrogen-bond donors (Lipinski definition) is 0. The van der Waals surface area contributed by atoms with E-state index in [2.05, 4.69) is 125 Å².